The molecule has 0 N–H and O–H groups in total. The Kier molecular flexibility index (Phi) is 6.92. The molecular formula is C27H37FN4O2S. The lowest BCUT2D eigenvalue weighted by Crippen LogP contribution is -2.49. The van der Waals surface area contributed by atoms with Gasteiger partial charge in [-0.2, -0.15) is 4.31 Å². The van der Waals surface area contributed by atoms with Crippen LogP contribution in [0, 0.1) is 5.82 Å². The van der Waals surface area contributed by atoms with Crippen LogP contribution < -0.4 is 4.90 Å². The van der Waals surface area contributed by atoms with Crippen LogP contribution in [-0.4, -0.2) is 87.7 Å². The number of likely N-dealkylation sites (tertiary alicyclic amines) is 1. The normalized spacial score (nSPS) is 26.0. The van der Waals surface area contributed by atoms with Gasteiger partial charge in [-0.1, -0.05) is 24.3 Å². The third-order valence-corrected chi connectivity index (χ3v) is 10.1. The highest BCUT2D eigenvalue weighted by Crippen LogP contribution is 2.42. The fourth-order valence-corrected chi connectivity index (χ4v) is 7.32. The molecule has 0 amide bonds. The fraction of sp³-hybridized carbons (Fsp3) is 0.556. The van der Waals surface area contributed by atoms with Crippen molar-refractivity contribution in [3.05, 3.63) is 65.0 Å². The van der Waals surface area contributed by atoms with E-state index in [-0.39, 0.29) is 17.6 Å². The second kappa shape index (κ2) is 9.81. The largest absolute Gasteiger partial charge is 0.369 e. The summed E-state index contributed by atoms with van der Waals surface area (Å²) < 4.78 is 40.7. The lowest BCUT2D eigenvalue weighted by atomic mass is 9.93. The second-order valence-electron chi connectivity index (χ2n) is 10.3. The van der Waals surface area contributed by atoms with Gasteiger partial charge in [0.1, 0.15) is 5.82 Å². The average Bonchev–Trinajstić information content (AvgIpc) is 3.50. The number of hydrogen-bond acceptors (Lipinski definition) is 5. The minimum atomic E-state index is -3.12. The third kappa shape index (κ3) is 4.73. The van der Waals surface area contributed by atoms with E-state index >= 15 is 0 Å². The molecule has 8 heteroatoms. The smallest absolute Gasteiger partial charge is 0.213 e. The van der Waals surface area contributed by atoms with E-state index in [4.69, 9.17) is 0 Å². The molecule has 3 atom stereocenters. The van der Waals surface area contributed by atoms with E-state index in [1.54, 1.807) is 17.3 Å². The van der Waals surface area contributed by atoms with Crippen molar-refractivity contribution in [2.24, 2.45) is 0 Å². The van der Waals surface area contributed by atoms with E-state index in [2.05, 4.69) is 59.1 Å². The summed E-state index contributed by atoms with van der Waals surface area (Å²) in [6.07, 6.45) is 1.94. The molecule has 2 heterocycles. The summed E-state index contributed by atoms with van der Waals surface area (Å²) in [4.78, 5) is 7.07. The molecule has 2 aromatic carbocycles. The van der Waals surface area contributed by atoms with E-state index in [9.17, 15) is 12.8 Å². The molecule has 0 bridgehead atoms. The van der Waals surface area contributed by atoms with Crippen molar-refractivity contribution in [3.63, 3.8) is 0 Å². The third-order valence-electron chi connectivity index (χ3n) is 8.27. The second-order valence-corrected chi connectivity index (χ2v) is 12.6. The highest BCUT2D eigenvalue weighted by atomic mass is 32.2. The molecule has 1 aliphatic carbocycles. The van der Waals surface area contributed by atoms with Crippen LogP contribution in [0.4, 0.5) is 10.1 Å². The molecule has 2 aromatic rings. The SMILES string of the molecule is CCS(=O)(=O)N1CCN(c2ccc(C3CN(C4CCc5cccc(F)c54)CC3N(C)C)cc2)CC1. The lowest BCUT2D eigenvalue weighted by Gasteiger charge is -2.35. The number of halogens is 1. The van der Waals surface area contributed by atoms with Gasteiger partial charge in [0, 0.05) is 68.5 Å². The Labute approximate surface area is 209 Å². The summed E-state index contributed by atoms with van der Waals surface area (Å²) in [5, 5.41) is 0. The Morgan fingerprint density at radius 2 is 1.71 bits per heavy atom. The number of rotatable bonds is 6. The maximum atomic E-state index is 14.7. The minimum absolute atomic E-state index is 0.0639. The van der Waals surface area contributed by atoms with Crippen LogP contribution in [0.2, 0.25) is 0 Å². The van der Waals surface area contributed by atoms with Crippen LogP contribution in [0.25, 0.3) is 0 Å². The molecule has 3 aliphatic rings. The molecule has 190 valence electrons. The number of hydrogen-bond donors (Lipinski definition) is 0. The van der Waals surface area contributed by atoms with Crippen molar-refractivity contribution < 1.29 is 12.8 Å². The van der Waals surface area contributed by atoms with Gasteiger partial charge >= 0.3 is 0 Å². The van der Waals surface area contributed by atoms with E-state index in [1.807, 2.05) is 6.07 Å². The van der Waals surface area contributed by atoms with E-state index < -0.39 is 10.0 Å². The van der Waals surface area contributed by atoms with Gasteiger partial charge in [0.2, 0.25) is 10.0 Å². The van der Waals surface area contributed by atoms with Gasteiger partial charge in [0.25, 0.3) is 0 Å². The zero-order valence-electron chi connectivity index (χ0n) is 21.0. The Hall–Kier alpha value is -2.00. The number of fused-ring (bicyclic) bond motifs is 1. The molecule has 2 aliphatic heterocycles. The molecular weight excluding hydrogens is 463 g/mol. The Morgan fingerprint density at radius 3 is 2.37 bits per heavy atom. The average molecular weight is 501 g/mol. The number of benzene rings is 2. The van der Waals surface area contributed by atoms with Gasteiger partial charge < -0.3 is 9.80 Å². The van der Waals surface area contributed by atoms with Crippen LogP contribution in [-0.2, 0) is 16.4 Å². The van der Waals surface area contributed by atoms with Crippen molar-refractivity contribution in [3.8, 4) is 0 Å². The first-order chi connectivity index (χ1) is 16.8. The minimum Gasteiger partial charge on any atom is -0.369 e. The number of anilines is 1. The molecule has 35 heavy (non-hydrogen) atoms. The van der Waals surface area contributed by atoms with Crippen LogP contribution in [0.3, 0.4) is 0 Å². The van der Waals surface area contributed by atoms with Gasteiger partial charge in [0.05, 0.1) is 5.75 Å². The van der Waals surface area contributed by atoms with Crippen LogP contribution in [0.15, 0.2) is 42.5 Å². The number of piperazine rings is 1. The maximum absolute atomic E-state index is 14.7. The Morgan fingerprint density at radius 1 is 1.00 bits per heavy atom. The van der Waals surface area contributed by atoms with E-state index in [0.29, 0.717) is 38.1 Å². The molecule has 0 saturated carbocycles. The molecule has 0 radical (unpaired) electrons. The zero-order valence-corrected chi connectivity index (χ0v) is 21.8. The van der Waals surface area contributed by atoms with Gasteiger partial charge in [-0.3, -0.25) is 4.90 Å². The summed E-state index contributed by atoms with van der Waals surface area (Å²) in [5.74, 6) is 0.458. The summed E-state index contributed by atoms with van der Waals surface area (Å²) in [6.45, 7) is 6.06. The summed E-state index contributed by atoms with van der Waals surface area (Å²) >= 11 is 0. The van der Waals surface area contributed by atoms with Gasteiger partial charge in [-0.05, 0) is 63.2 Å². The van der Waals surface area contributed by atoms with Crippen molar-refractivity contribution in [1.29, 1.82) is 0 Å². The molecule has 0 spiro atoms. The van der Waals surface area contributed by atoms with Crippen molar-refractivity contribution in [2.45, 2.75) is 37.8 Å². The fourth-order valence-electron chi connectivity index (χ4n) is 6.24. The summed E-state index contributed by atoms with van der Waals surface area (Å²) in [5.41, 5.74) is 4.53. The summed E-state index contributed by atoms with van der Waals surface area (Å²) in [7, 11) is 1.16. The lowest BCUT2D eigenvalue weighted by molar-refractivity contribution is 0.213. The van der Waals surface area contributed by atoms with Gasteiger partial charge in [-0.15, -0.1) is 0 Å². The van der Waals surface area contributed by atoms with Gasteiger partial charge in [-0.25, -0.2) is 12.8 Å². The number of sulfonamides is 1. The first-order valence-electron chi connectivity index (χ1n) is 12.8. The first-order valence-corrected chi connectivity index (χ1v) is 14.4. The molecule has 0 aromatic heterocycles. The van der Waals surface area contributed by atoms with Crippen LogP contribution >= 0.6 is 0 Å². The van der Waals surface area contributed by atoms with Crippen molar-refractivity contribution in [2.75, 3.05) is 64.0 Å². The summed E-state index contributed by atoms with van der Waals surface area (Å²) in [6, 6.07) is 14.9. The zero-order chi connectivity index (χ0) is 24.7. The predicted octanol–water partition coefficient (Wildman–Crippen LogP) is 3.31. The number of likely N-dealkylation sites (N-methyl/N-ethyl adjacent to an activating group) is 1. The number of nitrogens with zero attached hydrogens (tertiary/aromatic N) is 4. The predicted molar refractivity (Wildman–Crippen MR) is 139 cm³/mol. The monoisotopic (exact) mass is 500 g/mol. The molecule has 2 saturated heterocycles. The molecule has 6 nitrogen and oxygen atoms in total. The van der Waals surface area contributed by atoms with Gasteiger partial charge in [0.15, 0.2) is 0 Å². The Bertz CT molecular complexity index is 1150. The van der Waals surface area contributed by atoms with Crippen molar-refractivity contribution >= 4 is 15.7 Å². The molecule has 2 fully saturated rings. The number of aryl methyl sites for hydroxylation is 1. The molecule has 5 rings (SSSR count). The topological polar surface area (TPSA) is 47.1 Å². The quantitative estimate of drug-likeness (QED) is 0.609. The Balaban J connectivity index is 1.29. The molecule has 3 unspecified atom stereocenters. The van der Waals surface area contributed by atoms with E-state index in [1.165, 1.54) is 5.56 Å². The van der Waals surface area contributed by atoms with Crippen molar-refractivity contribution in [1.82, 2.24) is 14.1 Å². The maximum Gasteiger partial charge on any atom is 0.213 e. The van der Waals surface area contributed by atoms with E-state index in [0.717, 1.165) is 42.7 Å². The highest BCUT2D eigenvalue weighted by Gasteiger charge is 2.41. The standard InChI is InChI=1S/C27H37FN4O2S/c1-4-35(33,34)32-16-14-30(15-17-32)22-11-8-20(9-12-22)23-18-31(19-26(23)29(2)3)25-13-10-21-6-5-7-24(28)27(21)25/h5-9,11-12,23,25-26H,4,10,13-19H2,1-3H3. The highest BCUT2D eigenvalue weighted by molar-refractivity contribution is 7.89. The van der Waals surface area contributed by atoms with Crippen LogP contribution in [0.5, 0.6) is 0 Å². The van der Waals surface area contributed by atoms with Crippen LogP contribution in [0.1, 0.15) is 42.0 Å². The first kappa shape index (κ1) is 24.7.